The maximum atomic E-state index is 13.5. The van der Waals surface area contributed by atoms with E-state index in [1.165, 1.54) is 25.3 Å². The van der Waals surface area contributed by atoms with Gasteiger partial charge in [-0.25, -0.2) is 17.8 Å². The SMILES string of the molecule is COc1cccc(C(NS(=O)(=O)c2cccc(F)c2)c2nccn2C)c1. The molecule has 8 heteroatoms. The summed E-state index contributed by atoms with van der Waals surface area (Å²) in [6.45, 7) is 0. The van der Waals surface area contributed by atoms with Crippen LogP contribution < -0.4 is 9.46 Å². The molecule has 136 valence electrons. The zero-order valence-electron chi connectivity index (χ0n) is 14.3. The van der Waals surface area contributed by atoms with Crippen molar-refractivity contribution in [1.82, 2.24) is 14.3 Å². The maximum absolute atomic E-state index is 13.5. The second-order valence-corrected chi connectivity index (χ2v) is 7.40. The third-order valence-corrected chi connectivity index (χ3v) is 5.34. The van der Waals surface area contributed by atoms with Crippen LogP contribution in [0.25, 0.3) is 0 Å². The number of benzene rings is 2. The van der Waals surface area contributed by atoms with Gasteiger partial charge in [-0.05, 0) is 35.9 Å². The lowest BCUT2D eigenvalue weighted by Gasteiger charge is -2.20. The summed E-state index contributed by atoms with van der Waals surface area (Å²) in [6.07, 6.45) is 3.30. The number of imidazole rings is 1. The molecular formula is C18H18FN3O3S. The van der Waals surface area contributed by atoms with Gasteiger partial charge in [0.1, 0.15) is 23.4 Å². The van der Waals surface area contributed by atoms with E-state index in [2.05, 4.69) is 9.71 Å². The third-order valence-electron chi connectivity index (χ3n) is 3.92. The highest BCUT2D eigenvalue weighted by atomic mass is 32.2. The van der Waals surface area contributed by atoms with E-state index in [0.29, 0.717) is 17.1 Å². The Morgan fingerprint density at radius 2 is 1.96 bits per heavy atom. The number of halogens is 1. The summed E-state index contributed by atoms with van der Waals surface area (Å²) in [5, 5.41) is 0. The molecule has 0 saturated heterocycles. The van der Waals surface area contributed by atoms with Crippen LogP contribution in [0.3, 0.4) is 0 Å². The van der Waals surface area contributed by atoms with E-state index in [4.69, 9.17) is 4.74 Å². The van der Waals surface area contributed by atoms with Crippen molar-refractivity contribution in [3.05, 3.63) is 78.1 Å². The molecule has 0 bridgehead atoms. The van der Waals surface area contributed by atoms with Crippen LogP contribution in [-0.4, -0.2) is 25.1 Å². The molecule has 0 amide bonds. The van der Waals surface area contributed by atoms with Gasteiger partial charge in [-0.1, -0.05) is 18.2 Å². The standard InChI is InChI=1S/C18H18FN3O3S/c1-22-10-9-20-18(22)17(13-5-3-7-15(11-13)25-2)21-26(23,24)16-8-4-6-14(19)12-16/h3-12,17,21H,1-2H3. The number of hydrogen-bond acceptors (Lipinski definition) is 4. The Kier molecular flexibility index (Phi) is 5.06. The molecule has 2 aromatic carbocycles. The van der Waals surface area contributed by atoms with E-state index in [9.17, 15) is 12.8 Å². The molecule has 0 fully saturated rings. The number of sulfonamides is 1. The van der Waals surface area contributed by atoms with Gasteiger partial charge in [0.25, 0.3) is 0 Å². The molecule has 3 rings (SSSR count). The molecule has 1 aromatic heterocycles. The van der Waals surface area contributed by atoms with Gasteiger partial charge in [0.2, 0.25) is 10.0 Å². The summed E-state index contributed by atoms with van der Waals surface area (Å²) in [5.74, 6) is 0.465. The Hall–Kier alpha value is -2.71. The Morgan fingerprint density at radius 1 is 1.19 bits per heavy atom. The first-order valence-electron chi connectivity index (χ1n) is 7.80. The molecule has 1 unspecified atom stereocenters. The van der Waals surface area contributed by atoms with Crippen molar-refractivity contribution in [2.75, 3.05) is 7.11 Å². The van der Waals surface area contributed by atoms with Gasteiger partial charge in [-0.2, -0.15) is 4.72 Å². The molecule has 0 aliphatic carbocycles. The number of nitrogens with one attached hydrogen (secondary N) is 1. The first kappa shape index (κ1) is 18.1. The van der Waals surface area contributed by atoms with Gasteiger partial charge < -0.3 is 9.30 Å². The van der Waals surface area contributed by atoms with Crippen molar-refractivity contribution < 1.29 is 17.5 Å². The summed E-state index contributed by atoms with van der Waals surface area (Å²) in [4.78, 5) is 4.11. The number of hydrogen-bond donors (Lipinski definition) is 1. The average molecular weight is 375 g/mol. The molecule has 0 radical (unpaired) electrons. The minimum Gasteiger partial charge on any atom is -0.497 e. The van der Waals surface area contributed by atoms with Crippen molar-refractivity contribution in [2.45, 2.75) is 10.9 Å². The van der Waals surface area contributed by atoms with Gasteiger partial charge in [-0.3, -0.25) is 0 Å². The average Bonchev–Trinajstić information content (AvgIpc) is 3.05. The van der Waals surface area contributed by atoms with E-state index < -0.39 is 21.9 Å². The second-order valence-electron chi connectivity index (χ2n) is 5.68. The Labute approximate surface area is 151 Å². The molecule has 1 atom stereocenters. The Balaban J connectivity index is 2.05. The fourth-order valence-electron chi connectivity index (χ4n) is 2.60. The van der Waals surface area contributed by atoms with Crippen LogP contribution in [-0.2, 0) is 17.1 Å². The summed E-state index contributed by atoms with van der Waals surface area (Å²) in [6, 6.07) is 11.1. The van der Waals surface area contributed by atoms with Crippen LogP contribution in [0.4, 0.5) is 4.39 Å². The quantitative estimate of drug-likeness (QED) is 0.719. The lowest BCUT2D eigenvalue weighted by molar-refractivity contribution is 0.413. The summed E-state index contributed by atoms with van der Waals surface area (Å²) >= 11 is 0. The van der Waals surface area contributed by atoms with Crippen molar-refractivity contribution in [3.8, 4) is 5.75 Å². The maximum Gasteiger partial charge on any atom is 0.241 e. The predicted molar refractivity (Wildman–Crippen MR) is 94.8 cm³/mol. The van der Waals surface area contributed by atoms with E-state index in [0.717, 1.165) is 6.07 Å². The number of aryl methyl sites for hydroxylation is 1. The third kappa shape index (κ3) is 3.76. The molecular weight excluding hydrogens is 357 g/mol. The lowest BCUT2D eigenvalue weighted by atomic mass is 10.1. The van der Waals surface area contributed by atoms with Crippen LogP contribution in [0, 0.1) is 5.82 Å². The zero-order chi connectivity index (χ0) is 18.7. The topological polar surface area (TPSA) is 73.2 Å². The normalized spacial score (nSPS) is 12.7. The Morgan fingerprint density at radius 3 is 2.62 bits per heavy atom. The van der Waals surface area contributed by atoms with Gasteiger partial charge in [0, 0.05) is 19.4 Å². The van der Waals surface area contributed by atoms with Crippen molar-refractivity contribution >= 4 is 10.0 Å². The monoisotopic (exact) mass is 375 g/mol. The molecule has 0 saturated carbocycles. The van der Waals surface area contributed by atoms with Crippen molar-refractivity contribution in [2.24, 2.45) is 7.05 Å². The van der Waals surface area contributed by atoms with Crippen molar-refractivity contribution in [1.29, 1.82) is 0 Å². The number of ether oxygens (including phenoxy) is 1. The molecule has 0 aliphatic heterocycles. The minimum atomic E-state index is -3.98. The summed E-state index contributed by atoms with van der Waals surface area (Å²) in [5.41, 5.74) is 0.652. The number of rotatable bonds is 6. The first-order valence-corrected chi connectivity index (χ1v) is 9.28. The fraction of sp³-hybridized carbons (Fsp3) is 0.167. The molecule has 0 spiro atoms. The van der Waals surface area contributed by atoms with Gasteiger partial charge in [-0.15, -0.1) is 0 Å². The fourth-order valence-corrected chi connectivity index (χ4v) is 3.82. The highest BCUT2D eigenvalue weighted by Crippen LogP contribution is 2.26. The van der Waals surface area contributed by atoms with E-state index >= 15 is 0 Å². The highest BCUT2D eigenvalue weighted by molar-refractivity contribution is 7.89. The lowest BCUT2D eigenvalue weighted by Crippen LogP contribution is -2.31. The second kappa shape index (κ2) is 7.27. The molecule has 0 aliphatic rings. The van der Waals surface area contributed by atoms with Crippen LogP contribution in [0.1, 0.15) is 17.4 Å². The van der Waals surface area contributed by atoms with E-state index in [1.807, 2.05) is 0 Å². The van der Waals surface area contributed by atoms with E-state index in [-0.39, 0.29) is 4.90 Å². The summed E-state index contributed by atoms with van der Waals surface area (Å²) < 4.78 is 48.6. The minimum absolute atomic E-state index is 0.153. The largest absolute Gasteiger partial charge is 0.497 e. The number of methoxy groups -OCH3 is 1. The van der Waals surface area contributed by atoms with Crippen molar-refractivity contribution in [3.63, 3.8) is 0 Å². The zero-order valence-corrected chi connectivity index (χ0v) is 15.1. The Bertz CT molecular complexity index is 1020. The molecule has 1 heterocycles. The van der Waals surface area contributed by atoms with Gasteiger partial charge in [0.05, 0.1) is 12.0 Å². The molecule has 1 N–H and O–H groups in total. The van der Waals surface area contributed by atoms with Crippen LogP contribution >= 0.6 is 0 Å². The number of nitrogens with zero attached hydrogens (tertiary/aromatic N) is 2. The predicted octanol–water partition coefficient (Wildman–Crippen LogP) is 2.64. The van der Waals surface area contributed by atoms with Crippen LogP contribution in [0.2, 0.25) is 0 Å². The van der Waals surface area contributed by atoms with Gasteiger partial charge in [0.15, 0.2) is 0 Å². The smallest absolute Gasteiger partial charge is 0.241 e. The summed E-state index contributed by atoms with van der Waals surface area (Å²) in [7, 11) is -0.673. The first-order chi connectivity index (χ1) is 12.4. The molecule has 3 aromatic rings. The van der Waals surface area contributed by atoms with Crippen LogP contribution in [0.15, 0.2) is 65.8 Å². The van der Waals surface area contributed by atoms with Gasteiger partial charge >= 0.3 is 0 Å². The number of aromatic nitrogens is 2. The highest BCUT2D eigenvalue weighted by Gasteiger charge is 2.26. The molecule has 6 nitrogen and oxygen atoms in total. The van der Waals surface area contributed by atoms with Crippen LogP contribution in [0.5, 0.6) is 5.75 Å². The molecule has 26 heavy (non-hydrogen) atoms. The van der Waals surface area contributed by atoms with E-state index in [1.54, 1.807) is 48.3 Å².